The second kappa shape index (κ2) is 8.37. The van der Waals surface area contributed by atoms with E-state index in [1.807, 2.05) is 61.7 Å². The summed E-state index contributed by atoms with van der Waals surface area (Å²) in [4.78, 5) is 7.51. The van der Waals surface area contributed by atoms with E-state index in [0.717, 1.165) is 17.1 Å². The number of aromatic nitrogens is 2. The van der Waals surface area contributed by atoms with Crippen LogP contribution in [0.15, 0.2) is 73.1 Å². The van der Waals surface area contributed by atoms with Gasteiger partial charge in [-0.25, -0.2) is 4.98 Å². The highest BCUT2D eigenvalue weighted by molar-refractivity contribution is 6.35. The summed E-state index contributed by atoms with van der Waals surface area (Å²) in [6.07, 6.45) is 3.48. The Morgan fingerprint density at radius 2 is 1.97 bits per heavy atom. The standard InChI is InChI=1S/C23H20ClN3O2/c1-2-29-16-10-8-15(9-11-16)21(27-20-7-3-4-12-25-20)18-14-19(24)17-6-5-13-26-22(17)23(18)28/h3-14,21,28H,2H2,1H3,(H,25,27)/p+1/t21-/m1/s1. The van der Waals surface area contributed by atoms with Crippen molar-refractivity contribution >= 4 is 28.3 Å². The third-order valence-electron chi connectivity index (χ3n) is 4.69. The Morgan fingerprint density at radius 1 is 1.14 bits per heavy atom. The minimum atomic E-state index is -0.353. The molecule has 146 valence electrons. The molecule has 0 radical (unpaired) electrons. The summed E-state index contributed by atoms with van der Waals surface area (Å²) in [6.45, 7) is 2.55. The van der Waals surface area contributed by atoms with E-state index in [2.05, 4.69) is 15.3 Å². The number of phenols is 1. The summed E-state index contributed by atoms with van der Waals surface area (Å²) in [5.74, 6) is 1.71. The Labute approximate surface area is 174 Å². The van der Waals surface area contributed by atoms with Gasteiger partial charge in [0.15, 0.2) is 0 Å². The number of fused-ring (bicyclic) bond motifs is 1. The molecule has 29 heavy (non-hydrogen) atoms. The van der Waals surface area contributed by atoms with Gasteiger partial charge in [0.25, 0.3) is 5.82 Å². The van der Waals surface area contributed by atoms with Crippen molar-refractivity contribution in [1.82, 2.24) is 4.98 Å². The summed E-state index contributed by atoms with van der Waals surface area (Å²) < 4.78 is 5.56. The summed E-state index contributed by atoms with van der Waals surface area (Å²) in [7, 11) is 0. The maximum absolute atomic E-state index is 11.0. The fraction of sp³-hybridized carbons (Fsp3) is 0.130. The van der Waals surface area contributed by atoms with Crippen LogP contribution >= 0.6 is 11.6 Å². The molecule has 2 aromatic heterocycles. The van der Waals surface area contributed by atoms with Gasteiger partial charge in [-0.05, 0) is 43.3 Å². The first-order valence-electron chi connectivity index (χ1n) is 9.39. The van der Waals surface area contributed by atoms with Crippen LogP contribution < -0.4 is 15.0 Å². The van der Waals surface area contributed by atoms with Gasteiger partial charge in [0, 0.05) is 28.8 Å². The molecule has 0 saturated heterocycles. The number of halogens is 1. The molecule has 0 aliphatic carbocycles. The second-order valence-electron chi connectivity index (χ2n) is 6.55. The summed E-state index contributed by atoms with van der Waals surface area (Å²) in [6, 6.07) is 18.6. The van der Waals surface area contributed by atoms with Crippen LogP contribution in [0.2, 0.25) is 5.02 Å². The first-order chi connectivity index (χ1) is 14.2. The van der Waals surface area contributed by atoms with Crippen LogP contribution in [-0.4, -0.2) is 16.7 Å². The number of aromatic amines is 1. The smallest absolute Gasteiger partial charge is 0.272 e. The summed E-state index contributed by atoms with van der Waals surface area (Å²) in [5, 5.41) is 15.7. The number of phenolic OH excluding ortho intramolecular Hbond substituents is 1. The Balaban J connectivity index is 1.84. The highest BCUT2D eigenvalue weighted by Crippen LogP contribution is 2.39. The first kappa shape index (κ1) is 19.0. The average molecular weight is 407 g/mol. The Hall–Kier alpha value is -3.31. The van der Waals surface area contributed by atoms with Crippen LogP contribution in [0.3, 0.4) is 0 Å². The largest absolute Gasteiger partial charge is 0.505 e. The number of rotatable bonds is 6. The minimum absolute atomic E-state index is 0.104. The molecule has 0 aliphatic heterocycles. The molecule has 1 atom stereocenters. The van der Waals surface area contributed by atoms with Gasteiger partial charge in [0.1, 0.15) is 23.1 Å². The van der Waals surface area contributed by atoms with Gasteiger partial charge in [-0.15, -0.1) is 0 Å². The molecule has 0 fully saturated rings. The molecule has 4 aromatic rings. The van der Waals surface area contributed by atoms with Gasteiger partial charge in [0.05, 0.1) is 17.8 Å². The number of anilines is 1. The fourth-order valence-electron chi connectivity index (χ4n) is 3.33. The second-order valence-corrected chi connectivity index (χ2v) is 6.96. The number of aromatic hydroxyl groups is 1. The van der Waals surface area contributed by atoms with Crippen LogP contribution in [0.5, 0.6) is 11.5 Å². The average Bonchev–Trinajstić information content (AvgIpc) is 2.76. The van der Waals surface area contributed by atoms with Gasteiger partial charge in [-0.3, -0.25) is 10.3 Å². The zero-order chi connectivity index (χ0) is 20.2. The van der Waals surface area contributed by atoms with Crippen LogP contribution in [0.25, 0.3) is 10.9 Å². The lowest BCUT2D eigenvalue weighted by molar-refractivity contribution is -0.361. The zero-order valence-electron chi connectivity index (χ0n) is 15.9. The van der Waals surface area contributed by atoms with E-state index < -0.39 is 0 Å². The van der Waals surface area contributed by atoms with Crippen LogP contribution in [-0.2, 0) is 0 Å². The van der Waals surface area contributed by atoms with Crippen molar-refractivity contribution in [2.45, 2.75) is 13.0 Å². The van der Waals surface area contributed by atoms with Crippen LogP contribution in [0.4, 0.5) is 5.82 Å². The lowest BCUT2D eigenvalue weighted by Gasteiger charge is -2.18. The van der Waals surface area contributed by atoms with E-state index in [1.54, 1.807) is 18.3 Å². The molecule has 2 aromatic carbocycles. The van der Waals surface area contributed by atoms with Crippen molar-refractivity contribution in [2.75, 3.05) is 11.9 Å². The van der Waals surface area contributed by atoms with Gasteiger partial charge in [0.2, 0.25) is 0 Å². The van der Waals surface area contributed by atoms with Crippen molar-refractivity contribution in [2.24, 2.45) is 0 Å². The van der Waals surface area contributed by atoms with E-state index in [1.165, 1.54) is 0 Å². The number of nitrogens with zero attached hydrogens (tertiary/aromatic N) is 1. The van der Waals surface area contributed by atoms with Crippen molar-refractivity contribution < 1.29 is 14.8 Å². The van der Waals surface area contributed by atoms with E-state index in [9.17, 15) is 5.11 Å². The molecule has 0 unspecified atom stereocenters. The quantitative estimate of drug-likeness (QED) is 0.472. The number of hydrogen-bond donors (Lipinski definition) is 2. The molecule has 2 heterocycles. The number of benzene rings is 2. The fourth-order valence-corrected chi connectivity index (χ4v) is 3.60. The monoisotopic (exact) mass is 406 g/mol. The summed E-state index contributed by atoms with van der Waals surface area (Å²) >= 11 is 6.53. The molecule has 3 N–H and O–H groups in total. The molecule has 4 rings (SSSR count). The SMILES string of the molecule is CCOc1ccc([C@@H](Nc2cccc[nH+]2)c2cc(Cl)c3cccnc3c2O)cc1. The number of nitrogens with one attached hydrogen (secondary N) is 2. The summed E-state index contributed by atoms with van der Waals surface area (Å²) in [5.41, 5.74) is 2.07. The Bertz CT molecular complexity index is 1120. The molecule has 6 heteroatoms. The molecule has 0 saturated carbocycles. The lowest BCUT2D eigenvalue weighted by Crippen LogP contribution is -2.19. The molecule has 0 aliphatic rings. The number of ether oxygens (including phenoxy) is 1. The van der Waals surface area contributed by atoms with E-state index >= 15 is 0 Å². The molecule has 5 nitrogen and oxygen atoms in total. The molecule has 0 spiro atoms. The van der Waals surface area contributed by atoms with Crippen LogP contribution in [0, 0.1) is 0 Å². The predicted molar refractivity (Wildman–Crippen MR) is 114 cm³/mol. The van der Waals surface area contributed by atoms with E-state index in [0.29, 0.717) is 28.1 Å². The predicted octanol–water partition coefficient (Wildman–Crippen LogP) is 5.01. The minimum Gasteiger partial charge on any atom is -0.505 e. The van der Waals surface area contributed by atoms with Gasteiger partial charge in [-0.1, -0.05) is 29.8 Å². The number of hydrogen-bond acceptors (Lipinski definition) is 4. The highest BCUT2D eigenvalue weighted by atomic mass is 35.5. The van der Waals surface area contributed by atoms with Gasteiger partial charge >= 0.3 is 0 Å². The molecule has 0 bridgehead atoms. The van der Waals surface area contributed by atoms with Crippen molar-refractivity contribution in [3.8, 4) is 11.5 Å². The highest BCUT2D eigenvalue weighted by Gasteiger charge is 2.25. The Kier molecular flexibility index (Phi) is 5.49. The topological polar surface area (TPSA) is 68.5 Å². The maximum atomic E-state index is 11.0. The van der Waals surface area contributed by atoms with Crippen molar-refractivity contribution in [3.63, 3.8) is 0 Å². The Morgan fingerprint density at radius 3 is 2.69 bits per heavy atom. The normalized spacial score (nSPS) is 11.9. The number of pyridine rings is 2. The van der Waals surface area contributed by atoms with Crippen LogP contribution in [0.1, 0.15) is 24.1 Å². The molecular formula is C23H21ClN3O2+. The molecule has 0 amide bonds. The number of H-pyrrole nitrogens is 1. The van der Waals surface area contributed by atoms with Gasteiger partial charge < -0.3 is 9.84 Å². The lowest BCUT2D eigenvalue weighted by atomic mass is 9.96. The third-order valence-corrected chi connectivity index (χ3v) is 5.00. The van der Waals surface area contributed by atoms with E-state index in [-0.39, 0.29) is 11.8 Å². The molecular weight excluding hydrogens is 386 g/mol. The van der Waals surface area contributed by atoms with Crippen molar-refractivity contribution in [3.05, 3.63) is 89.2 Å². The van der Waals surface area contributed by atoms with Gasteiger partial charge in [-0.2, -0.15) is 0 Å². The first-order valence-corrected chi connectivity index (χ1v) is 9.77. The zero-order valence-corrected chi connectivity index (χ0v) is 16.6. The van der Waals surface area contributed by atoms with Crippen molar-refractivity contribution in [1.29, 1.82) is 0 Å². The maximum Gasteiger partial charge on any atom is 0.272 e. The van der Waals surface area contributed by atoms with E-state index in [4.69, 9.17) is 16.3 Å². The third kappa shape index (κ3) is 3.96.